The van der Waals surface area contributed by atoms with Crippen LogP contribution in [-0.4, -0.2) is 119 Å². The molecule has 8 rings (SSSR count). The number of methoxy groups -OCH3 is 1. The van der Waals surface area contributed by atoms with Crippen LogP contribution in [-0.2, 0) is 23.9 Å². The van der Waals surface area contributed by atoms with Gasteiger partial charge in [-0.25, -0.2) is 14.6 Å². The van der Waals surface area contributed by atoms with Gasteiger partial charge in [0.2, 0.25) is 11.8 Å². The first-order chi connectivity index (χ1) is 30.6. The Bertz CT molecular complexity index is 2250. The Hall–Kier alpha value is -5.09. The van der Waals surface area contributed by atoms with Crippen LogP contribution in [0.1, 0.15) is 86.0 Å². The molecule has 2 aromatic heterocycles. The van der Waals surface area contributed by atoms with Gasteiger partial charge in [0.1, 0.15) is 64.9 Å². The van der Waals surface area contributed by atoms with Crippen molar-refractivity contribution >= 4 is 52.4 Å². The summed E-state index contributed by atoms with van der Waals surface area (Å²) >= 11 is 7.12. The summed E-state index contributed by atoms with van der Waals surface area (Å²) in [5, 5.41) is 9.81. The lowest BCUT2D eigenvalue weighted by molar-refractivity contribution is -0.148. The second-order valence-corrected chi connectivity index (χ2v) is 19.9. The number of nitrogens with zero attached hydrogens (tertiary/aromatic N) is 4. The molecule has 3 N–H and O–H groups in total. The van der Waals surface area contributed by atoms with Gasteiger partial charge in [0.15, 0.2) is 0 Å². The normalized spacial score (nSPS) is 26.8. The zero-order valence-electron chi connectivity index (χ0n) is 37.7. The summed E-state index contributed by atoms with van der Waals surface area (Å²) in [6, 6.07) is 3.59. The molecule has 64 heavy (non-hydrogen) atoms. The summed E-state index contributed by atoms with van der Waals surface area (Å²) in [4.78, 5) is 69.2. The number of rotatable bonds is 16. The van der Waals surface area contributed by atoms with Crippen molar-refractivity contribution in [1.82, 2.24) is 30.4 Å². The number of alkyl carbamates (subject to hydrolysis) is 1. The van der Waals surface area contributed by atoms with E-state index in [1.54, 1.807) is 18.2 Å². The lowest BCUT2D eigenvalue weighted by Gasteiger charge is -2.35. The van der Waals surface area contributed by atoms with Crippen molar-refractivity contribution in [3.05, 3.63) is 42.1 Å². The predicted molar refractivity (Wildman–Crippen MR) is 240 cm³/mol. The monoisotopic (exact) mass is 903 g/mol. The summed E-state index contributed by atoms with van der Waals surface area (Å²) in [6.07, 6.45) is 8.27. The molecule has 3 amide bonds. The largest absolute Gasteiger partial charge is 0.491 e. The molecule has 2 unspecified atom stereocenters. The fourth-order valence-electron chi connectivity index (χ4n) is 9.64. The van der Waals surface area contributed by atoms with E-state index in [1.807, 2.05) is 40.7 Å². The van der Waals surface area contributed by atoms with Gasteiger partial charge in [-0.2, -0.15) is 4.98 Å². The minimum Gasteiger partial charge on any atom is -0.491 e. The van der Waals surface area contributed by atoms with Gasteiger partial charge in [-0.05, 0) is 94.8 Å². The molecular weight excluding hydrogens is 842 g/mol. The summed E-state index contributed by atoms with van der Waals surface area (Å²) in [6.45, 7) is 16.6. The molecule has 0 radical (unpaired) electrons. The van der Waals surface area contributed by atoms with Crippen LogP contribution >= 0.6 is 11.6 Å². The number of aromatic nitrogens is 2. The van der Waals surface area contributed by atoms with E-state index in [4.69, 9.17) is 39.9 Å². The third-order valence-electron chi connectivity index (χ3n) is 13.3. The zero-order chi connectivity index (χ0) is 45.5. The number of nitrogens with one attached hydrogen (secondary N) is 3. The van der Waals surface area contributed by atoms with Gasteiger partial charge in [-0.3, -0.25) is 14.5 Å². The smallest absolute Gasteiger partial charge is 0.408 e. The standard InChI is InChI=1S/C47H62ClN7O9/c1-8-29-23-47(29,43(58)60-7)53-41(56)35-21-31(24-55(35)42(57)40(46(4,5)6)52-45(59)64-30-19-27-18-28(27)20-30)63-37-22-33(34-25-62-44(51-34)49-26(2)3)50-39-32(37)12-13-36(38(39)48)61-17-16-54-14-10-9-11-15-54/h8,12-13,22,25-31,35,40H,1,9-11,14-21,23-24H2,2-7H3,(H,49,51)(H,52,59)(H,53,56)/t27-,28+,29-,30?,31-,35+,40-,47?/m1/s1. The highest BCUT2D eigenvalue weighted by molar-refractivity contribution is 6.36. The van der Waals surface area contributed by atoms with Gasteiger partial charge in [-0.1, -0.05) is 44.9 Å². The van der Waals surface area contributed by atoms with Gasteiger partial charge in [0, 0.05) is 36.4 Å². The van der Waals surface area contributed by atoms with E-state index >= 15 is 0 Å². The average molecular weight is 905 g/mol. The summed E-state index contributed by atoms with van der Waals surface area (Å²) in [7, 11) is 1.27. The molecule has 8 atom stereocenters. The Labute approximate surface area is 379 Å². The molecule has 1 aromatic carbocycles. The molecule has 2 aliphatic heterocycles. The third-order valence-corrected chi connectivity index (χ3v) is 13.7. The number of amides is 3. The number of piperidine rings is 1. The topological polar surface area (TPSA) is 187 Å². The highest BCUT2D eigenvalue weighted by Gasteiger charge is 2.62. The quantitative estimate of drug-likeness (QED) is 0.101. The molecule has 5 fully saturated rings. The average Bonchev–Trinajstić information content (AvgIpc) is 3.92. The third kappa shape index (κ3) is 9.77. The minimum absolute atomic E-state index is 0.0285. The van der Waals surface area contributed by atoms with Gasteiger partial charge in [-0.15, -0.1) is 6.58 Å². The van der Waals surface area contributed by atoms with Crippen LogP contribution in [0.5, 0.6) is 11.5 Å². The van der Waals surface area contributed by atoms with E-state index in [0.717, 1.165) is 32.5 Å². The molecule has 0 bridgehead atoms. The Morgan fingerprint density at radius 3 is 2.44 bits per heavy atom. The molecule has 3 aliphatic carbocycles. The number of anilines is 1. The van der Waals surface area contributed by atoms with E-state index in [2.05, 4.69) is 32.4 Å². The van der Waals surface area contributed by atoms with Crippen LogP contribution in [0.4, 0.5) is 10.8 Å². The Morgan fingerprint density at radius 2 is 1.77 bits per heavy atom. The number of likely N-dealkylation sites (tertiary alicyclic amines) is 2. The van der Waals surface area contributed by atoms with Crippen LogP contribution in [0.15, 0.2) is 41.5 Å². The van der Waals surface area contributed by atoms with Crippen molar-refractivity contribution in [3.63, 3.8) is 0 Å². The van der Waals surface area contributed by atoms with Crippen molar-refractivity contribution in [2.45, 2.75) is 122 Å². The minimum atomic E-state index is -1.31. The van der Waals surface area contributed by atoms with Gasteiger partial charge in [0.05, 0.1) is 24.9 Å². The van der Waals surface area contributed by atoms with E-state index in [1.165, 1.54) is 44.0 Å². The number of hydrogen-bond donors (Lipinski definition) is 3. The van der Waals surface area contributed by atoms with Crippen LogP contribution in [0.2, 0.25) is 5.02 Å². The maximum atomic E-state index is 14.9. The Kier molecular flexibility index (Phi) is 13.1. The number of benzene rings is 1. The fourth-order valence-corrected chi connectivity index (χ4v) is 9.90. The molecule has 5 aliphatic rings. The van der Waals surface area contributed by atoms with Crippen LogP contribution < -0.4 is 25.4 Å². The van der Waals surface area contributed by atoms with E-state index in [0.29, 0.717) is 69.7 Å². The van der Waals surface area contributed by atoms with Crippen LogP contribution in [0.25, 0.3) is 22.3 Å². The van der Waals surface area contributed by atoms with Gasteiger partial charge in [0.25, 0.3) is 6.01 Å². The van der Waals surface area contributed by atoms with E-state index in [9.17, 15) is 19.2 Å². The number of halogens is 1. The number of carbonyl (C=O) groups excluding carboxylic acids is 4. The van der Waals surface area contributed by atoms with Crippen molar-refractivity contribution < 1.29 is 42.5 Å². The molecule has 17 heteroatoms. The molecule has 0 spiro atoms. The maximum absolute atomic E-state index is 14.9. The predicted octanol–water partition coefficient (Wildman–Crippen LogP) is 6.75. The zero-order valence-corrected chi connectivity index (χ0v) is 38.5. The summed E-state index contributed by atoms with van der Waals surface area (Å²) in [5.74, 6) is 0.0583. The highest BCUT2D eigenvalue weighted by Crippen LogP contribution is 2.52. The van der Waals surface area contributed by atoms with E-state index < -0.39 is 53.0 Å². The number of hydrogen-bond acceptors (Lipinski definition) is 13. The number of pyridine rings is 1. The highest BCUT2D eigenvalue weighted by atomic mass is 35.5. The summed E-state index contributed by atoms with van der Waals surface area (Å²) in [5.41, 5.74) is -0.846. The molecule has 3 saturated carbocycles. The summed E-state index contributed by atoms with van der Waals surface area (Å²) < 4.78 is 29.7. The van der Waals surface area contributed by atoms with Gasteiger partial charge >= 0.3 is 12.1 Å². The Morgan fingerprint density at radius 1 is 1.02 bits per heavy atom. The Balaban J connectivity index is 1.10. The molecular formula is C47H62ClN7O9. The first-order valence-corrected chi connectivity index (χ1v) is 23.1. The van der Waals surface area contributed by atoms with Gasteiger partial charge < -0.3 is 44.2 Å². The molecule has 4 heterocycles. The molecule has 346 valence electrons. The number of oxazole rings is 1. The van der Waals surface area contributed by atoms with Crippen LogP contribution in [0.3, 0.4) is 0 Å². The van der Waals surface area contributed by atoms with Crippen LogP contribution in [0, 0.1) is 23.2 Å². The lowest BCUT2D eigenvalue weighted by atomic mass is 9.85. The number of ether oxygens (including phenoxy) is 4. The first-order valence-electron chi connectivity index (χ1n) is 22.7. The number of esters is 1. The number of fused-ring (bicyclic) bond motifs is 2. The second-order valence-electron chi connectivity index (χ2n) is 19.5. The fraction of sp³-hybridized carbons (Fsp3) is 0.617. The van der Waals surface area contributed by atoms with Crippen molar-refractivity contribution in [3.8, 4) is 22.9 Å². The maximum Gasteiger partial charge on any atom is 0.408 e. The van der Waals surface area contributed by atoms with Crippen molar-refractivity contribution in [2.24, 2.45) is 23.2 Å². The van der Waals surface area contributed by atoms with Crippen molar-refractivity contribution in [2.75, 3.05) is 45.2 Å². The second kappa shape index (κ2) is 18.4. The first kappa shape index (κ1) is 45.5. The number of carbonyl (C=O) groups is 4. The molecule has 3 aromatic rings. The molecule has 16 nitrogen and oxygen atoms in total. The SMILES string of the molecule is C=C[C@@H]1CC1(NC(=O)[C@@H]1C[C@@H](Oc2cc(-c3coc(NC(C)C)n3)nc3c(Cl)c(OCCN4CCCCC4)ccc23)CN1C(=O)[C@@H](NC(=O)OC1C[C@@H]2C[C@@H]2C1)C(C)(C)C)C(=O)OC. The van der Waals surface area contributed by atoms with Crippen molar-refractivity contribution in [1.29, 1.82) is 0 Å². The lowest BCUT2D eigenvalue weighted by Crippen LogP contribution is -2.59. The van der Waals surface area contributed by atoms with E-state index in [-0.39, 0.29) is 31.0 Å². The molecule has 2 saturated heterocycles.